The second-order valence-electron chi connectivity index (χ2n) is 4.63. The first-order chi connectivity index (χ1) is 7.10. The fourth-order valence-corrected chi connectivity index (χ4v) is 2.42. The van der Waals surface area contributed by atoms with Crippen molar-refractivity contribution in [3.05, 3.63) is 0 Å². The van der Waals surface area contributed by atoms with Crippen molar-refractivity contribution >= 4 is 16.9 Å². The first-order valence-electron chi connectivity index (χ1n) is 5.37. The van der Waals surface area contributed by atoms with Gasteiger partial charge >= 0.3 is 0 Å². The molecule has 1 rings (SSSR count). The van der Waals surface area contributed by atoms with Gasteiger partial charge in [0, 0.05) is 0 Å². The van der Waals surface area contributed by atoms with E-state index in [0.717, 1.165) is 11.6 Å². The van der Waals surface area contributed by atoms with E-state index in [0.29, 0.717) is 6.04 Å². The molecule has 0 heterocycles. The van der Waals surface area contributed by atoms with Gasteiger partial charge in [-0.2, -0.15) is 5.26 Å². The molecule has 0 spiro atoms. The molecule has 0 aromatic heterocycles. The third-order valence-corrected chi connectivity index (χ3v) is 3.67. The largest absolute Gasteiger partial charge is 0.272 e. The first-order valence-corrected chi connectivity index (χ1v) is 6.59. The van der Waals surface area contributed by atoms with Gasteiger partial charge in [0.2, 0.25) is 0 Å². The summed E-state index contributed by atoms with van der Waals surface area (Å²) in [5, 5.41) is 12.0. The molecule has 1 aliphatic rings. The summed E-state index contributed by atoms with van der Waals surface area (Å²) in [5.41, 5.74) is 0.274. The van der Waals surface area contributed by atoms with Crippen LogP contribution in [0.25, 0.3) is 0 Å². The van der Waals surface area contributed by atoms with Gasteiger partial charge in [0.05, 0.1) is 6.04 Å². The molecule has 0 aromatic carbocycles. The lowest BCUT2D eigenvalue weighted by molar-refractivity contribution is 0.204. The molecule has 0 saturated heterocycles. The number of hydrogen-bond acceptors (Lipinski definition) is 3. The zero-order valence-corrected chi connectivity index (χ0v) is 10.5. The van der Waals surface area contributed by atoms with Gasteiger partial charge in [0.15, 0.2) is 11.4 Å². The summed E-state index contributed by atoms with van der Waals surface area (Å²) < 4.78 is 0. The van der Waals surface area contributed by atoms with Crippen LogP contribution < -0.4 is 5.32 Å². The highest BCUT2D eigenvalue weighted by Crippen LogP contribution is 2.37. The third-order valence-electron chi connectivity index (χ3n) is 3.08. The maximum atomic E-state index is 8.57. The number of thioether (sulfide) groups is 1. The maximum Gasteiger partial charge on any atom is 0.183 e. The Hall–Kier alpha value is -0.690. The van der Waals surface area contributed by atoms with Crippen LogP contribution in [-0.4, -0.2) is 17.5 Å². The Morgan fingerprint density at radius 1 is 1.53 bits per heavy atom. The van der Waals surface area contributed by atoms with Crippen LogP contribution in [0.3, 0.4) is 0 Å². The lowest BCUT2D eigenvalue weighted by Gasteiger charge is -2.36. The summed E-state index contributed by atoms with van der Waals surface area (Å²) in [4.78, 5) is 4.64. The molecule has 0 bridgehead atoms. The smallest absolute Gasteiger partial charge is 0.183 e. The van der Waals surface area contributed by atoms with Crippen molar-refractivity contribution in [1.29, 1.82) is 5.26 Å². The van der Waals surface area contributed by atoms with E-state index in [4.69, 9.17) is 5.26 Å². The van der Waals surface area contributed by atoms with E-state index < -0.39 is 0 Å². The first kappa shape index (κ1) is 12.4. The Labute approximate surface area is 96.3 Å². The van der Waals surface area contributed by atoms with E-state index in [-0.39, 0.29) is 5.41 Å². The van der Waals surface area contributed by atoms with Crippen molar-refractivity contribution in [1.82, 2.24) is 5.32 Å². The average Bonchev–Trinajstić information content (AvgIpc) is 2.20. The Morgan fingerprint density at radius 3 is 2.80 bits per heavy atom. The minimum absolute atomic E-state index is 0.274. The van der Waals surface area contributed by atoms with Gasteiger partial charge in [0.25, 0.3) is 0 Å². The van der Waals surface area contributed by atoms with Crippen LogP contribution >= 0.6 is 11.8 Å². The van der Waals surface area contributed by atoms with E-state index >= 15 is 0 Å². The minimum atomic E-state index is 0.274. The van der Waals surface area contributed by atoms with Crippen molar-refractivity contribution in [2.75, 3.05) is 6.26 Å². The standard InChI is InChI=1S/C11H19N3S/c1-11(2)7-5-4-6-9(11)14-10(15-3)13-8-12/h9H,4-7H2,1-3H3,(H,13,14). The molecule has 0 radical (unpaired) electrons. The lowest BCUT2D eigenvalue weighted by Crippen LogP contribution is -2.33. The SMILES string of the molecule is CSC(=NC1CCCCC1(C)C)NC#N. The van der Waals surface area contributed by atoms with Gasteiger partial charge < -0.3 is 0 Å². The number of nitrogens with zero attached hydrogens (tertiary/aromatic N) is 2. The van der Waals surface area contributed by atoms with E-state index in [1.54, 1.807) is 0 Å². The summed E-state index contributed by atoms with van der Waals surface area (Å²) >= 11 is 1.51. The van der Waals surface area contributed by atoms with Crippen molar-refractivity contribution in [3.8, 4) is 6.19 Å². The number of aliphatic imine (C=N–C) groups is 1. The normalized spacial score (nSPS) is 25.7. The highest BCUT2D eigenvalue weighted by molar-refractivity contribution is 8.13. The van der Waals surface area contributed by atoms with Crippen molar-refractivity contribution < 1.29 is 0 Å². The number of rotatable bonds is 1. The monoisotopic (exact) mass is 225 g/mol. The quantitative estimate of drug-likeness (QED) is 0.323. The second-order valence-corrected chi connectivity index (χ2v) is 5.42. The van der Waals surface area contributed by atoms with Crippen molar-refractivity contribution in [2.45, 2.75) is 45.6 Å². The molecule has 0 amide bonds. The van der Waals surface area contributed by atoms with E-state index in [9.17, 15) is 0 Å². The molecular formula is C11H19N3S. The predicted molar refractivity (Wildman–Crippen MR) is 65.7 cm³/mol. The maximum absolute atomic E-state index is 8.57. The number of hydrogen-bond donors (Lipinski definition) is 1. The van der Waals surface area contributed by atoms with Crippen LogP contribution in [0.5, 0.6) is 0 Å². The molecule has 1 unspecified atom stereocenters. The minimum Gasteiger partial charge on any atom is -0.272 e. The van der Waals surface area contributed by atoms with Crippen LogP contribution in [0.4, 0.5) is 0 Å². The summed E-state index contributed by atoms with van der Waals surface area (Å²) in [6, 6.07) is 0.356. The highest BCUT2D eigenvalue weighted by Gasteiger charge is 2.32. The predicted octanol–water partition coefficient (Wildman–Crippen LogP) is 2.74. The Kier molecular flexibility index (Phi) is 4.46. The molecule has 1 aliphatic carbocycles. The van der Waals surface area contributed by atoms with E-state index in [1.165, 1.54) is 31.0 Å². The van der Waals surface area contributed by atoms with Gasteiger partial charge in [-0.15, -0.1) is 0 Å². The number of nitriles is 1. The Balaban J connectivity index is 2.73. The van der Waals surface area contributed by atoms with Gasteiger partial charge in [-0.3, -0.25) is 10.3 Å². The molecule has 1 N–H and O–H groups in total. The molecule has 1 atom stereocenters. The number of nitrogens with one attached hydrogen (secondary N) is 1. The molecule has 15 heavy (non-hydrogen) atoms. The molecule has 1 saturated carbocycles. The summed E-state index contributed by atoms with van der Waals surface area (Å²) in [7, 11) is 0. The lowest BCUT2D eigenvalue weighted by atomic mass is 9.73. The highest BCUT2D eigenvalue weighted by atomic mass is 32.2. The second kappa shape index (κ2) is 5.41. The topological polar surface area (TPSA) is 48.2 Å². The Bertz CT molecular complexity index is 278. The van der Waals surface area contributed by atoms with Crippen molar-refractivity contribution in [2.24, 2.45) is 10.4 Å². The summed E-state index contributed by atoms with van der Waals surface area (Å²) in [5.74, 6) is 0. The van der Waals surface area contributed by atoms with Crippen LogP contribution in [0.1, 0.15) is 39.5 Å². The van der Waals surface area contributed by atoms with E-state index in [2.05, 4.69) is 24.2 Å². The van der Waals surface area contributed by atoms with Gasteiger partial charge in [-0.1, -0.05) is 38.5 Å². The molecule has 3 nitrogen and oxygen atoms in total. The van der Waals surface area contributed by atoms with E-state index in [1.807, 2.05) is 12.4 Å². The third kappa shape index (κ3) is 3.42. The summed E-state index contributed by atoms with van der Waals surface area (Å²) in [6.45, 7) is 4.54. The van der Waals surface area contributed by atoms with Crippen LogP contribution in [0.15, 0.2) is 4.99 Å². The van der Waals surface area contributed by atoms with Gasteiger partial charge in [-0.05, 0) is 24.5 Å². The van der Waals surface area contributed by atoms with Gasteiger partial charge in [-0.25, -0.2) is 0 Å². The fraction of sp³-hybridized carbons (Fsp3) is 0.818. The molecule has 4 heteroatoms. The van der Waals surface area contributed by atoms with Crippen LogP contribution in [0, 0.1) is 16.9 Å². The zero-order valence-electron chi connectivity index (χ0n) is 9.71. The van der Waals surface area contributed by atoms with Crippen molar-refractivity contribution in [3.63, 3.8) is 0 Å². The molecule has 0 aromatic rings. The van der Waals surface area contributed by atoms with Crippen LogP contribution in [-0.2, 0) is 0 Å². The summed E-state index contributed by atoms with van der Waals surface area (Å²) in [6.07, 6.45) is 8.81. The molecule has 0 aliphatic heterocycles. The van der Waals surface area contributed by atoms with Crippen LogP contribution in [0.2, 0.25) is 0 Å². The molecular weight excluding hydrogens is 206 g/mol. The fourth-order valence-electron chi connectivity index (χ4n) is 2.04. The van der Waals surface area contributed by atoms with Gasteiger partial charge in [0.1, 0.15) is 0 Å². The molecule has 84 valence electrons. The Morgan fingerprint density at radius 2 is 2.27 bits per heavy atom. The molecule has 1 fully saturated rings. The average molecular weight is 225 g/mol. The number of amidine groups is 1. The zero-order chi connectivity index (χ0) is 11.3.